The van der Waals surface area contributed by atoms with Crippen LogP contribution < -0.4 is 11.3 Å². The zero-order valence-corrected chi connectivity index (χ0v) is 13.1. The standard InChI is InChI=1S/C18H28N2O/c1-14-4-6-15(7-5-14)12-17(20-19)16-8-11-21-18(13-16)9-2-3-10-18/h4-7,16-17,20H,2-3,8-13,19H2,1H3. The van der Waals surface area contributed by atoms with Gasteiger partial charge in [-0.2, -0.15) is 0 Å². The average molecular weight is 288 g/mol. The molecule has 0 aromatic heterocycles. The van der Waals surface area contributed by atoms with Crippen molar-refractivity contribution < 1.29 is 4.74 Å². The smallest absolute Gasteiger partial charge is 0.0685 e. The molecule has 0 bridgehead atoms. The van der Waals surface area contributed by atoms with Crippen molar-refractivity contribution in [1.29, 1.82) is 0 Å². The van der Waals surface area contributed by atoms with Crippen LogP contribution >= 0.6 is 0 Å². The summed E-state index contributed by atoms with van der Waals surface area (Å²) in [4.78, 5) is 0. The van der Waals surface area contributed by atoms with Crippen LogP contribution in [-0.4, -0.2) is 18.2 Å². The molecular formula is C18H28N2O. The van der Waals surface area contributed by atoms with Crippen LogP contribution in [0.5, 0.6) is 0 Å². The van der Waals surface area contributed by atoms with E-state index in [9.17, 15) is 0 Å². The molecule has 1 heterocycles. The fourth-order valence-corrected chi connectivity index (χ4v) is 4.12. The first-order valence-corrected chi connectivity index (χ1v) is 8.36. The topological polar surface area (TPSA) is 47.3 Å². The maximum Gasteiger partial charge on any atom is 0.0685 e. The number of nitrogens with two attached hydrogens (primary N) is 1. The molecule has 1 saturated heterocycles. The Kier molecular flexibility index (Phi) is 4.63. The lowest BCUT2D eigenvalue weighted by Gasteiger charge is -2.41. The van der Waals surface area contributed by atoms with Crippen molar-refractivity contribution in [2.75, 3.05) is 6.61 Å². The Balaban J connectivity index is 1.66. The third-order valence-corrected chi connectivity index (χ3v) is 5.41. The van der Waals surface area contributed by atoms with E-state index in [1.807, 2.05) is 0 Å². The first-order chi connectivity index (χ1) is 10.2. The number of benzene rings is 1. The number of ether oxygens (including phenoxy) is 1. The molecule has 3 heteroatoms. The van der Waals surface area contributed by atoms with Gasteiger partial charge in [-0.05, 0) is 50.5 Å². The highest BCUT2D eigenvalue weighted by atomic mass is 16.5. The van der Waals surface area contributed by atoms with Crippen LogP contribution in [-0.2, 0) is 11.2 Å². The zero-order valence-electron chi connectivity index (χ0n) is 13.1. The number of nitrogens with one attached hydrogen (secondary N) is 1. The number of aryl methyl sites for hydroxylation is 1. The summed E-state index contributed by atoms with van der Waals surface area (Å²) >= 11 is 0. The summed E-state index contributed by atoms with van der Waals surface area (Å²) in [7, 11) is 0. The zero-order chi connectivity index (χ0) is 14.7. The fraction of sp³-hybridized carbons (Fsp3) is 0.667. The summed E-state index contributed by atoms with van der Waals surface area (Å²) < 4.78 is 6.15. The van der Waals surface area contributed by atoms with Crippen LogP contribution in [0.25, 0.3) is 0 Å². The Morgan fingerprint density at radius 3 is 2.67 bits per heavy atom. The Labute approximate surface area is 128 Å². The Morgan fingerprint density at radius 2 is 2.00 bits per heavy atom. The van der Waals surface area contributed by atoms with Crippen molar-refractivity contribution in [3.05, 3.63) is 35.4 Å². The highest BCUT2D eigenvalue weighted by molar-refractivity contribution is 5.22. The van der Waals surface area contributed by atoms with Gasteiger partial charge >= 0.3 is 0 Å². The van der Waals surface area contributed by atoms with E-state index in [0.29, 0.717) is 12.0 Å². The second-order valence-corrected chi connectivity index (χ2v) is 6.95. The lowest BCUT2D eigenvalue weighted by molar-refractivity contribution is -0.0978. The van der Waals surface area contributed by atoms with Gasteiger partial charge in [-0.25, -0.2) is 0 Å². The summed E-state index contributed by atoms with van der Waals surface area (Å²) in [5, 5.41) is 0. The largest absolute Gasteiger partial charge is 0.375 e. The van der Waals surface area contributed by atoms with Crippen LogP contribution in [0.4, 0.5) is 0 Å². The van der Waals surface area contributed by atoms with Gasteiger partial charge in [0.25, 0.3) is 0 Å². The van der Waals surface area contributed by atoms with E-state index < -0.39 is 0 Å². The SMILES string of the molecule is Cc1ccc(CC(NN)C2CCOC3(CCCC3)C2)cc1. The highest BCUT2D eigenvalue weighted by Gasteiger charge is 2.41. The molecule has 3 nitrogen and oxygen atoms in total. The third-order valence-electron chi connectivity index (χ3n) is 5.41. The summed E-state index contributed by atoms with van der Waals surface area (Å²) in [6.45, 7) is 3.03. The minimum absolute atomic E-state index is 0.172. The van der Waals surface area contributed by atoms with Gasteiger partial charge in [0.1, 0.15) is 0 Å². The predicted molar refractivity (Wildman–Crippen MR) is 85.9 cm³/mol. The molecule has 1 aromatic rings. The minimum atomic E-state index is 0.172. The Hall–Kier alpha value is -0.900. The van der Waals surface area contributed by atoms with Crippen LogP contribution in [0.3, 0.4) is 0 Å². The van der Waals surface area contributed by atoms with E-state index in [2.05, 4.69) is 36.6 Å². The maximum atomic E-state index is 6.15. The third kappa shape index (κ3) is 3.47. The van der Waals surface area contributed by atoms with Crippen molar-refractivity contribution in [1.82, 2.24) is 5.43 Å². The first kappa shape index (κ1) is 15.0. The molecule has 0 amide bonds. The van der Waals surface area contributed by atoms with Crippen molar-refractivity contribution in [2.45, 2.75) is 63.5 Å². The van der Waals surface area contributed by atoms with Crippen LogP contribution in [0.1, 0.15) is 49.7 Å². The molecule has 1 saturated carbocycles. The molecule has 1 aromatic carbocycles. The highest BCUT2D eigenvalue weighted by Crippen LogP contribution is 2.43. The lowest BCUT2D eigenvalue weighted by Crippen LogP contribution is -2.48. The van der Waals surface area contributed by atoms with Gasteiger partial charge in [-0.15, -0.1) is 0 Å². The number of rotatable bonds is 4. The number of hydrogen-bond acceptors (Lipinski definition) is 3. The van der Waals surface area contributed by atoms with Gasteiger partial charge in [0.2, 0.25) is 0 Å². The van der Waals surface area contributed by atoms with Crippen LogP contribution in [0.2, 0.25) is 0 Å². The van der Waals surface area contributed by atoms with E-state index in [0.717, 1.165) is 19.4 Å². The van der Waals surface area contributed by atoms with Gasteiger partial charge in [-0.3, -0.25) is 11.3 Å². The molecule has 2 atom stereocenters. The molecule has 116 valence electrons. The van der Waals surface area contributed by atoms with E-state index in [1.54, 1.807) is 0 Å². The minimum Gasteiger partial charge on any atom is -0.375 e. The maximum absolute atomic E-state index is 6.15. The molecule has 2 unspecified atom stereocenters. The summed E-state index contributed by atoms with van der Waals surface area (Å²) in [6, 6.07) is 9.18. The molecular weight excluding hydrogens is 260 g/mol. The fourth-order valence-electron chi connectivity index (χ4n) is 4.12. The normalized spacial score (nSPS) is 26.1. The van der Waals surface area contributed by atoms with Gasteiger partial charge < -0.3 is 4.74 Å². The summed E-state index contributed by atoms with van der Waals surface area (Å²) in [6.07, 6.45) is 8.45. The van der Waals surface area contributed by atoms with E-state index in [-0.39, 0.29) is 5.60 Å². The van der Waals surface area contributed by atoms with E-state index in [1.165, 1.54) is 43.2 Å². The molecule has 1 aliphatic carbocycles. The predicted octanol–water partition coefficient (Wildman–Crippen LogP) is 3.11. The van der Waals surface area contributed by atoms with Gasteiger partial charge in [0, 0.05) is 12.6 Å². The second-order valence-electron chi connectivity index (χ2n) is 6.95. The molecule has 2 aliphatic rings. The molecule has 3 N–H and O–H groups in total. The molecule has 1 aliphatic heterocycles. The van der Waals surface area contributed by atoms with Crippen LogP contribution in [0.15, 0.2) is 24.3 Å². The molecule has 21 heavy (non-hydrogen) atoms. The molecule has 1 spiro atoms. The van der Waals surface area contributed by atoms with E-state index in [4.69, 9.17) is 10.6 Å². The number of hydrogen-bond donors (Lipinski definition) is 2. The lowest BCUT2D eigenvalue weighted by atomic mass is 9.79. The molecule has 3 rings (SSSR count). The average Bonchev–Trinajstić information content (AvgIpc) is 2.94. The van der Waals surface area contributed by atoms with Crippen LogP contribution in [0, 0.1) is 12.8 Å². The van der Waals surface area contributed by atoms with Gasteiger partial charge in [0.15, 0.2) is 0 Å². The van der Waals surface area contributed by atoms with E-state index >= 15 is 0 Å². The van der Waals surface area contributed by atoms with Gasteiger partial charge in [-0.1, -0.05) is 42.7 Å². The monoisotopic (exact) mass is 288 g/mol. The van der Waals surface area contributed by atoms with Gasteiger partial charge in [0.05, 0.1) is 5.60 Å². The molecule has 2 fully saturated rings. The van der Waals surface area contributed by atoms with Crippen molar-refractivity contribution in [3.8, 4) is 0 Å². The Morgan fingerprint density at radius 1 is 1.29 bits per heavy atom. The number of hydrazine groups is 1. The summed E-state index contributed by atoms with van der Waals surface area (Å²) in [5.74, 6) is 6.51. The second kappa shape index (κ2) is 6.47. The Bertz CT molecular complexity index is 451. The summed E-state index contributed by atoms with van der Waals surface area (Å²) in [5.41, 5.74) is 5.94. The quantitative estimate of drug-likeness (QED) is 0.661. The molecule has 0 radical (unpaired) electrons. The van der Waals surface area contributed by atoms with Crippen molar-refractivity contribution in [2.24, 2.45) is 11.8 Å². The van der Waals surface area contributed by atoms with Crippen molar-refractivity contribution >= 4 is 0 Å². The van der Waals surface area contributed by atoms with Crippen molar-refractivity contribution in [3.63, 3.8) is 0 Å². The first-order valence-electron chi connectivity index (χ1n) is 8.36.